The average molecular weight is 337 g/mol. The van der Waals surface area contributed by atoms with Gasteiger partial charge in [0.2, 0.25) is 0 Å². The van der Waals surface area contributed by atoms with Crippen molar-refractivity contribution in [2.75, 3.05) is 39.2 Å². The van der Waals surface area contributed by atoms with Crippen LogP contribution in [0.25, 0.3) is 0 Å². The van der Waals surface area contributed by atoms with E-state index in [0.29, 0.717) is 50.1 Å². The van der Waals surface area contributed by atoms with Gasteiger partial charge in [-0.3, -0.25) is 9.79 Å². The molecule has 0 unspecified atom stereocenters. The summed E-state index contributed by atoms with van der Waals surface area (Å²) in [5.41, 5.74) is 0.831. The molecule has 0 saturated carbocycles. The Balaban J connectivity index is 2.53. The maximum absolute atomic E-state index is 11.3. The number of nitrogens with zero attached hydrogens (tertiary/aromatic N) is 1. The average Bonchev–Trinajstić information content (AvgIpc) is 2.58. The number of hydrogen-bond acceptors (Lipinski definition) is 5. The molecule has 7 heteroatoms. The summed E-state index contributed by atoms with van der Waals surface area (Å²) in [5.74, 6) is 1.78. The molecule has 0 aliphatic carbocycles. The second-order valence-corrected chi connectivity index (χ2v) is 4.83. The molecule has 1 aromatic carbocycles. The van der Waals surface area contributed by atoms with Crippen LogP contribution in [0, 0.1) is 0 Å². The molecule has 2 N–H and O–H groups in total. The van der Waals surface area contributed by atoms with Crippen LogP contribution in [0.5, 0.6) is 11.5 Å². The molecule has 0 amide bonds. The van der Waals surface area contributed by atoms with Crippen LogP contribution in [0.15, 0.2) is 23.2 Å². The van der Waals surface area contributed by atoms with Gasteiger partial charge >= 0.3 is 5.97 Å². The third-order valence-corrected chi connectivity index (χ3v) is 3.11. The number of nitrogens with one attached hydrogen (secondary N) is 2. The number of ether oxygens (including phenoxy) is 3. The van der Waals surface area contributed by atoms with E-state index in [1.165, 1.54) is 0 Å². The van der Waals surface area contributed by atoms with Crippen molar-refractivity contribution in [1.29, 1.82) is 0 Å². The lowest BCUT2D eigenvalue weighted by atomic mass is 10.2. The maximum atomic E-state index is 11.3. The predicted octanol–water partition coefficient (Wildman–Crippen LogP) is 2.42. The Hall–Kier alpha value is -2.44. The molecule has 0 heterocycles. The quantitative estimate of drug-likeness (QED) is 0.312. The fraction of sp³-hybridized carbons (Fsp3) is 0.529. The second-order valence-electron chi connectivity index (χ2n) is 4.83. The number of hydrogen-bond donors (Lipinski definition) is 2. The number of carbonyl (C=O) groups is 1. The van der Waals surface area contributed by atoms with E-state index in [1.807, 2.05) is 25.1 Å². The van der Waals surface area contributed by atoms with Crippen molar-refractivity contribution >= 4 is 17.6 Å². The summed E-state index contributed by atoms with van der Waals surface area (Å²) in [6, 6.07) is 5.57. The van der Waals surface area contributed by atoms with Crippen LogP contribution >= 0.6 is 0 Å². The van der Waals surface area contributed by atoms with E-state index in [9.17, 15) is 4.79 Å². The first-order valence-electron chi connectivity index (χ1n) is 8.08. The highest BCUT2D eigenvalue weighted by Crippen LogP contribution is 2.30. The summed E-state index contributed by atoms with van der Waals surface area (Å²) < 4.78 is 15.7. The monoisotopic (exact) mass is 337 g/mol. The first-order valence-corrected chi connectivity index (χ1v) is 8.08. The van der Waals surface area contributed by atoms with Gasteiger partial charge in [-0.15, -0.1) is 0 Å². The molecule has 0 atom stereocenters. The third-order valence-electron chi connectivity index (χ3n) is 3.11. The molecule has 0 aliphatic heterocycles. The summed E-state index contributed by atoms with van der Waals surface area (Å²) >= 11 is 0. The van der Waals surface area contributed by atoms with E-state index in [2.05, 4.69) is 15.6 Å². The van der Waals surface area contributed by atoms with Gasteiger partial charge in [-0.1, -0.05) is 0 Å². The van der Waals surface area contributed by atoms with Gasteiger partial charge in [0, 0.05) is 31.8 Å². The van der Waals surface area contributed by atoms with Crippen molar-refractivity contribution in [3.8, 4) is 11.5 Å². The van der Waals surface area contributed by atoms with E-state index in [0.717, 1.165) is 5.69 Å². The van der Waals surface area contributed by atoms with Crippen LogP contribution in [0.4, 0.5) is 5.69 Å². The van der Waals surface area contributed by atoms with Gasteiger partial charge in [-0.05, 0) is 32.4 Å². The summed E-state index contributed by atoms with van der Waals surface area (Å²) in [7, 11) is 3.29. The zero-order valence-corrected chi connectivity index (χ0v) is 14.8. The molecule has 7 nitrogen and oxygen atoms in total. The number of benzene rings is 1. The van der Waals surface area contributed by atoms with E-state index < -0.39 is 0 Å². The number of esters is 1. The van der Waals surface area contributed by atoms with Gasteiger partial charge in [0.25, 0.3) is 0 Å². The van der Waals surface area contributed by atoms with Crippen molar-refractivity contribution in [1.82, 2.24) is 5.32 Å². The highest BCUT2D eigenvalue weighted by Gasteiger charge is 2.07. The van der Waals surface area contributed by atoms with Crippen molar-refractivity contribution in [3.05, 3.63) is 18.2 Å². The Morgan fingerprint density at radius 1 is 1.21 bits per heavy atom. The Bertz CT molecular complexity index is 547. The van der Waals surface area contributed by atoms with Crippen LogP contribution < -0.4 is 20.1 Å². The van der Waals surface area contributed by atoms with Crippen molar-refractivity contribution in [3.63, 3.8) is 0 Å². The van der Waals surface area contributed by atoms with E-state index in [1.54, 1.807) is 21.1 Å². The summed E-state index contributed by atoms with van der Waals surface area (Å²) in [6.45, 7) is 5.31. The van der Waals surface area contributed by atoms with Crippen LogP contribution in [-0.4, -0.2) is 45.8 Å². The summed E-state index contributed by atoms with van der Waals surface area (Å²) in [5, 5.41) is 6.33. The summed E-state index contributed by atoms with van der Waals surface area (Å²) in [4.78, 5) is 15.4. The largest absolute Gasteiger partial charge is 0.493 e. The number of rotatable bonds is 9. The number of aliphatic imine (C=N–C) groups is 1. The molecule has 0 bridgehead atoms. The zero-order chi connectivity index (χ0) is 17.8. The maximum Gasteiger partial charge on any atom is 0.305 e. The van der Waals surface area contributed by atoms with Crippen LogP contribution in [-0.2, 0) is 9.53 Å². The molecule has 134 valence electrons. The lowest BCUT2D eigenvalue weighted by molar-refractivity contribution is -0.143. The van der Waals surface area contributed by atoms with Gasteiger partial charge in [-0.2, -0.15) is 0 Å². The topological polar surface area (TPSA) is 81.2 Å². The van der Waals surface area contributed by atoms with Crippen LogP contribution in [0.3, 0.4) is 0 Å². The van der Waals surface area contributed by atoms with Gasteiger partial charge in [0.05, 0.1) is 20.3 Å². The SMILES string of the molecule is CCOC(=O)CCCNC(=NC)Nc1ccc(OC)c(OCC)c1. The minimum Gasteiger partial charge on any atom is -0.493 e. The lowest BCUT2D eigenvalue weighted by Gasteiger charge is -2.14. The Morgan fingerprint density at radius 3 is 2.62 bits per heavy atom. The van der Waals surface area contributed by atoms with E-state index in [-0.39, 0.29) is 5.97 Å². The minimum atomic E-state index is -0.182. The van der Waals surface area contributed by atoms with E-state index in [4.69, 9.17) is 14.2 Å². The fourth-order valence-corrected chi connectivity index (χ4v) is 2.01. The normalized spacial score (nSPS) is 10.9. The fourth-order valence-electron chi connectivity index (χ4n) is 2.01. The number of anilines is 1. The van der Waals surface area contributed by atoms with Crippen molar-refractivity contribution in [2.24, 2.45) is 4.99 Å². The molecule has 0 aliphatic rings. The number of guanidine groups is 1. The summed E-state index contributed by atoms with van der Waals surface area (Å²) in [6.07, 6.45) is 1.06. The highest BCUT2D eigenvalue weighted by atomic mass is 16.5. The Morgan fingerprint density at radius 2 is 2.00 bits per heavy atom. The van der Waals surface area contributed by atoms with Crippen LogP contribution in [0.2, 0.25) is 0 Å². The van der Waals surface area contributed by atoms with Crippen molar-refractivity contribution < 1.29 is 19.0 Å². The molecule has 0 radical (unpaired) electrons. The molecular weight excluding hydrogens is 310 g/mol. The molecule has 24 heavy (non-hydrogen) atoms. The Kier molecular flexibility index (Phi) is 9.11. The molecule has 0 aromatic heterocycles. The van der Waals surface area contributed by atoms with Crippen LogP contribution in [0.1, 0.15) is 26.7 Å². The standard InChI is InChI=1S/C17H27N3O4/c1-5-23-15-12-13(9-10-14(15)22-4)20-17(18-3)19-11-7-8-16(21)24-6-2/h9-10,12H,5-8,11H2,1-4H3,(H2,18,19,20). The molecule has 0 spiro atoms. The first-order chi connectivity index (χ1) is 11.6. The lowest BCUT2D eigenvalue weighted by Crippen LogP contribution is -2.31. The molecular formula is C17H27N3O4. The van der Waals surface area contributed by atoms with E-state index >= 15 is 0 Å². The molecule has 1 aromatic rings. The number of carbonyl (C=O) groups excluding carboxylic acids is 1. The van der Waals surface area contributed by atoms with Gasteiger partial charge in [0.15, 0.2) is 17.5 Å². The van der Waals surface area contributed by atoms with Gasteiger partial charge in [0.1, 0.15) is 0 Å². The highest BCUT2D eigenvalue weighted by molar-refractivity contribution is 5.93. The zero-order valence-electron chi connectivity index (χ0n) is 14.8. The number of methoxy groups -OCH3 is 1. The molecule has 0 saturated heterocycles. The van der Waals surface area contributed by atoms with Crippen molar-refractivity contribution in [2.45, 2.75) is 26.7 Å². The van der Waals surface area contributed by atoms with Gasteiger partial charge < -0.3 is 24.8 Å². The second kappa shape index (κ2) is 11.2. The molecule has 1 rings (SSSR count). The molecule has 0 fully saturated rings. The third kappa shape index (κ3) is 6.76. The Labute approximate surface area is 143 Å². The predicted molar refractivity (Wildman–Crippen MR) is 95.0 cm³/mol. The van der Waals surface area contributed by atoms with Gasteiger partial charge in [-0.25, -0.2) is 0 Å². The smallest absolute Gasteiger partial charge is 0.305 e. The first kappa shape index (κ1) is 19.6. The minimum absolute atomic E-state index is 0.182.